The topological polar surface area (TPSA) is 118 Å². The molecule has 8 nitrogen and oxygen atoms in total. The van der Waals surface area contributed by atoms with Crippen molar-refractivity contribution in [2.24, 2.45) is 11.1 Å². The van der Waals surface area contributed by atoms with Gasteiger partial charge in [-0.25, -0.2) is 13.6 Å². The van der Waals surface area contributed by atoms with Gasteiger partial charge in [0.25, 0.3) is 5.91 Å². The molecule has 0 radical (unpaired) electrons. The zero-order chi connectivity index (χ0) is 15.6. The predicted molar refractivity (Wildman–Crippen MR) is 75.2 cm³/mol. The fourth-order valence-corrected chi connectivity index (χ4v) is 3.48. The number of rotatable bonds is 4. The maximum Gasteiger partial charge on any atom is 0.275 e. The number of methoxy groups -OCH3 is 1. The Morgan fingerprint density at radius 2 is 2.10 bits per heavy atom. The lowest BCUT2D eigenvalue weighted by Crippen LogP contribution is -2.40. The molecule has 1 aliphatic rings. The van der Waals surface area contributed by atoms with Crippen molar-refractivity contribution in [2.45, 2.75) is 24.7 Å². The number of aromatic nitrogens is 2. The van der Waals surface area contributed by atoms with Crippen LogP contribution in [0.1, 0.15) is 29.0 Å². The molecule has 118 valence electrons. The first-order valence-corrected chi connectivity index (χ1v) is 8.25. The second-order valence-corrected chi connectivity index (χ2v) is 6.76. The molecule has 3 N–H and O–H groups in total. The first kappa shape index (κ1) is 15.9. The molecule has 1 aromatic rings. The van der Waals surface area contributed by atoms with Crippen molar-refractivity contribution in [3.05, 3.63) is 11.4 Å². The minimum atomic E-state index is -3.99. The number of piperidine rings is 1. The largest absolute Gasteiger partial charge is 0.384 e. The predicted octanol–water partition coefficient (Wildman–Crippen LogP) is -0.136. The lowest BCUT2D eigenvalue weighted by molar-refractivity contribution is 0.0604. The van der Waals surface area contributed by atoms with Gasteiger partial charge in [-0.3, -0.25) is 9.89 Å². The number of amides is 1. The molecule has 2 rings (SSSR count). The van der Waals surface area contributed by atoms with Gasteiger partial charge in [0.2, 0.25) is 10.0 Å². The molecule has 9 heteroatoms. The number of carbonyl (C=O) groups excluding carboxylic acids is 1. The third-order valence-corrected chi connectivity index (χ3v) is 4.75. The molecule has 0 unspecified atom stereocenters. The van der Waals surface area contributed by atoms with Crippen molar-refractivity contribution in [2.75, 3.05) is 26.8 Å². The number of sulfonamides is 1. The van der Waals surface area contributed by atoms with Gasteiger partial charge in [-0.05, 0) is 25.7 Å². The Hall–Kier alpha value is -1.45. The van der Waals surface area contributed by atoms with E-state index in [-0.39, 0.29) is 16.3 Å². The quantitative estimate of drug-likeness (QED) is 0.801. The standard InChI is InChI=1S/C12H20N4O4S/c1-8-11(21(13,18)19)10(15-14-8)12(17)16-5-3-9(4-6-16)7-20-2/h9H,3-7H2,1-2H3,(H,14,15)(H2,13,18,19). The zero-order valence-electron chi connectivity index (χ0n) is 12.1. The molecule has 1 aromatic heterocycles. The van der Waals surface area contributed by atoms with Gasteiger partial charge < -0.3 is 9.64 Å². The van der Waals surface area contributed by atoms with Gasteiger partial charge in [-0.15, -0.1) is 0 Å². The van der Waals surface area contributed by atoms with E-state index in [2.05, 4.69) is 10.2 Å². The number of nitrogens with one attached hydrogen (secondary N) is 1. The Morgan fingerprint density at radius 1 is 1.48 bits per heavy atom. The number of likely N-dealkylation sites (tertiary alicyclic amines) is 1. The second kappa shape index (κ2) is 6.12. The monoisotopic (exact) mass is 316 g/mol. The van der Waals surface area contributed by atoms with Crippen LogP contribution in [0, 0.1) is 12.8 Å². The van der Waals surface area contributed by atoms with Gasteiger partial charge in [0.05, 0.1) is 5.69 Å². The molecule has 1 fully saturated rings. The highest BCUT2D eigenvalue weighted by Crippen LogP contribution is 2.22. The molecular weight excluding hydrogens is 296 g/mol. The summed E-state index contributed by atoms with van der Waals surface area (Å²) in [6, 6.07) is 0. The minimum Gasteiger partial charge on any atom is -0.384 e. The molecule has 0 atom stereocenters. The summed E-state index contributed by atoms with van der Waals surface area (Å²) in [5.41, 5.74) is 0.148. The number of primary sulfonamides is 1. The lowest BCUT2D eigenvalue weighted by atomic mass is 9.97. The molecule has 0 bridgehead atoms. The number of nitrogens with two attached hydrogens (primary N) is 1. The molecule has 0 aliphatic carbocycles. The summed E-state index contributed by atoms with van der Waals surface area (Å²) >= 11 is 0. The van der Waals surface area contributed by atoms with Gasteiger partial charge in [-0.1, -0.05) is 0 Å². The number of hydrogen-bond acceptors (Lipinski definition) is 5. The summed E-state index contributed by atoms with van der Waals surface area (Å²) < 4.78 is 28.3. The second-order valence-electron chi connectivity index (χ2n) is 5.26. The van der Waals surface area contributed by atoms with Crippen LogP contribution >= 0.6 is 0 Å². The molecule has 1 aliphatic heterocycles. The van der Waals surface area contributed by atoms with Crippen molar-refractivity contribution in [3.63, 3.8) is 0 Å². The van der Waals surface area contributed by atoms with E-state index in [0.29, 0.717) is 25.6 Å². The van der Waals surface area contributed by atoms with Crippen molar-refractivity contribution in [3.8, 4) is 0 Å². The van der Waals surface area contributed by atoms with E-state index in [4.69, 9.17) is 9.88 Å². The fourth-order valence-electron chi connectivity index (χ4n) is 2.60. The van der Waals surface area contributed by atoms with E-state index in [1.165, 1.54) is 6.92 Å². The number of aromatic amines is 1. The smallest absolute Gasteiger partial charge is 0.275 e. The number of aryl methyl sites for hydroxylation is 1. The first-order chi connectivity index (χ1) is 9.84. The number of H-pyrrole nitrogens is 1. The molecule has 1 amide bonds. The van der Waals surface area contributed by atoms with Crippen molar-refractivity contribution >= 4 is 15.9 Å². The van der Waals surface area contributed by atoms with E-state index < -0.39 is 15.9 Å². The van der Waals surface area contributed by atoms with Crippen LogP contribution in [-0.2, 0) is 14.8 Å². The van der Waals surface area contributed by atoms with Crippen LogP contribution < -0.4 is 5.14 Å². The molecule has 1 saturated heterocycles. The molecule has 0 spiro atoms. The highest BCUT2D eigenvalue weighted by Gasteiger charge is 2.31. The van der Waals surface area contributed by atoms with Crippen LogP contribution in [0.25, 0.3) is 0 Å². The summed E-state index contributed by atoms with van der Waals surface area (Å²) in [4.78, 5) is 13.8. The Bertz CT molecular complexity index is 617. The van der Waals surface area contributed by atoms with Crippen molar-refractivity contribution in [1.29, 1.82) is 0 Å². The van der Waals surface area contributed by atoms with Crippen molar-refractivity contribution in [1.82, 2.24) is 15.1 Å². The maximum absolute atomic E-state index is 12.4. The Kier molecular flexibility index (Phi) is 4.64. The molecule has 0 aromatic carbocycles. The number of nitrogens with zero attached hydrogens (tertiary/aromatic N) is 2. The highest BCUT2D eigenvalue weighted by molar-refractivity contribution is 7.89. The van der Waals surface area contributed by atoms with Crippen LogP contribution in [0.3, 0.4) is 0 Å². The average molecular weight is 316 g/mol. The number of hydrogen-bond donors (Lipinski definition) is 2. The van der Waals surface area contributed by atoms with E-state index in [9.17, 15) is 13.2 Å². The summed E-state index contributed by atoms with van der Waals surface area (Å²) in [6.07, 6.45) is 1.65. The molecular formula is C12H20N4O4S. The van der Waals surface area contributed by atoms with Gasteiger partial charge in [0.15, 0.2) is 5.69 Å². The van der Waals surface area contributed by atoms with E-state index in [0.717, 1.165) is 12.8 Å². The highest BCUT2D eigenvalue weighted by atomic mass is 32.2. The fraction of sp³-hybridized carbons (Fsp3) is 0.667. The van der Waals surface area contributed by atoms with E-state index >= 15 is 0 Å². The maximum atomic E-state index is 12.4. The minimum absolute atomic E-state index is 0.125. The SMILES string of the molecule is COCC1CCN(C(=O)c2n[nH]c(C)c2S(N)(=O)=O)CC1. The first-order valence-electron chi connectivity index (χ1n) is 6.70. The van der Waals surface area contributed by atoms with Crippen LogP contribution in [0.2, 0.25) is 0 Å². The summed E-state index contributed by atoms with van der Waals surface area (Å²) in [6.45, 7) is 3.31. The third-order valence-electron chi connectivity index (χ3n) is 3.68. The molecule has 0 saturated carbocycles. The Labute approximate surface area is 123 Å². The van der Waals surface area contributed by atoms with Crippen LogP contribution in [0.4, 0.5) is 0 Å². The van der Waals surface area contributed by atoms with Crippen LogP contribution in [0.15, 0.2) is 4.90 Å². The summed E-state index contributed by atoms with van der Waals surface area (Å²) in [5.74, 6) is 0.0249. The van der Waals surface area contributed by atoms with E-state index in [1.807, 2.05) is 0 Å². The summed E-state index contributed by atoms with van der Waals surface area (Å²) in [5, 5.41) is 11.5. The Morgan fingerprint density at radius 3 is 2.62 bits per heavy atom. The number of ether oxygens (including phenoxy) is 1. The average Bonchev–Trinajstić information content (AvgIpc) is 2.81. The number of carbonyl (C=O) groups is 1. The molecule has 2 heterocycles. The van der Waals surface area contributed by atoms with Gasteiger partial charge in [0.1, 0.15) is 4.90 Å². The lowest BCUT2D eigenvalue weighted by Gasteiger charge is -2.31. The van der Waals surface area contributed by atoms with E-state index in [1.54, 1.807) is 12.0 Å². The van der Waals surface area contributed by atoms with Gasteiger partial charge >= 0.3 is 0 Å². The van der Waals surface area contributed by atoms with Crippen LogP contribution in [0.5, 0.6) is 0 Å². The summed E-state index contributed by atoms with van der Waals surface area (Å²) in [7, 11) is -2.33. The van der Waals surface area contributed by atoms with Gasteiger partial charge in [0, 0.05) is 26.8 Å². The van der Waals surface area contributed by atoms with Crippen LogP contribution in [-0.4, -0.2) is 56.2 Å². The van der Waals surface area contributed by atoms with Crippen molar-refractivity contribution < 1.29 is 17.9 Å². The normalized spacial score (nSPS) is 17.2. The molecule has 21 heavy (non-hydrogen) atoms. The van der Waals surface area contributed by atoms with Gasteiger partial charge in [-0.2, -0.15) is 5.10 Å². The Balaban J connectivity index is 2.16. The third kappa shape index (κ3) is 3.42. The zero-order valence-corrected chi connectivity index (χ0v) is 12.9.